The average molecular weight is 322 g/mol. The molecule has 0 spiro atoms. The van der Waals surface area contributed by atoms with E-state index < -0.39 is 41.6 Å². The zero-order chi connectivity index (χ0) is 18.7. The molecule has 0 N–H and O–H groups in total. The normalized spacial score (nSPS) is 42.7. The van der Waals surface area contributed by atoms with Crippen molar-refractivity contribution in [2.24, 2.45) is 0 Å². The Morgan fingerprint density at radius 1 is 1.61 bits per heavy atom. The van der Waals surface area contributed by atoms with Gasteiger partial charge in [0.25, 0.3) is 5.69 Å². The van der Waals surface area contributed by atoms with Gasteiger partial charge in [-0.3, -0.25) is 10.1 Å². The summed E-state index contributed by atoms with van der Waals surface area (Å²) in [4.78, 5) is 14.6. The second-order valence-corrected chi connectivity index (χ2v) is 4.35. The minimum atomic E-state index is -2.77. The molecule has 98 valence electrons. The van der Waals surface area contributed by atoms with Gasteiger partial charge < -0.3 is 9.64 Å². The summed E-state index contributed by atoms with van der Waals surface area (Å²) in [5.41, 5.74) is -0.441. The van der Waals surface area contributed by atoms with E-state index in [4.69, 9.17) is 13.0 Å². The van der Waals surface area contributed by atoms with Gasteiger partial charge in [-0.05, 0) is 29.8 Å². The lowest BCUT2D eigenvalue weighted by molar-refractivity contribution is -0.384. The van der Waals surface area contributed by atoms with Crippen molar-refractivity contribution in [3.63, 3.8) is 0 Å². The van der Waals surface area contributed by atoms with E-state index in [-0.39, 0.29) is 4.60 Å². The molecule has 2 atom stereocenters. The van der Waals surface area contributed by atoms with Crippen LogP contribution in [-0.4, -0.2) is 35.1 Å². The van der Waals surface area contributed by atoms with E-state index in [9.17, 15) is 10.1 Å². The van der Waals surface area contributed by atoms with Gasteiger partial charge >= 0.3 is 0 Å². The van der Waals surface area contributed by atoms with E-state index in [0.717, 1.165) is 26.0 Å². The zero-order valence-corrected chi connectivity index (χ0v) is 11.2. The van der Waals surface area contributed by atoms with Gasteiger partial charge in [-0.25, -0.2) is 4.98 Å². The number of hydrogen-bond donors (Lipinski definition) is 0. The van der Waals surface area contributed by atoms with Crippen LogP contribution in [0.25, 0.3) is 0 Å². The van der Waals surface area contributed by atoms with Crippen LogP contribution >= 0.6 is 15.9 Å². The van der Waals surface area contributed by atoms with Crippen molar-refractivity contribution in [1.29, 1.82) is 0 Å². The zero-order valence-electron chi connectivity index (χ0n) is 15.6. The predicted molar refractivity (Wildman–Crippen MR) is 70.8 cm³/mol. The molecule has 7 heteroatoms. The number of rotatable bonds is 2. The highest BCUT2D eigenvalue weighted by Crippen LogP contribution is 2.25. The molecule has 1 aromatic heterocycles. The van der Waals surface area contributed by atoms with Crippen molar-refractivity contribution < 1.29 is 17.9 Å². The summed E-state index contributed by atoms with van der Waals surface area (Å²) < 4.78 is 53.6. The molecule has 1 aromatic rings. The fourth-order valence-corrected chi connectivity index (χ4v) is 1.84. The Hall–Kier alpha value is -1.21. The third-order valence-electron chi connectivity index (χ3n) is 2.05. The summed E-state index contributed by atoms with van der Waals surface area (Å²) in [6, 6.07) is 1.97. The molecular weight excluding hydrogens is 302 g/mol. The standard InChI is InChI=1S/C11H14BrN3O3/c1-7-5-14(6-8(2)18-7)11-4-9(15(16)17)3-10(12)13-11/h3-4,7-8H,5-6H2,1-2H3/i5D2,6D2,7D,8D. The van der Waals surface area contributed by atoms with Gasteiger partial charge in [0.2, 0.25) is 0 Å². The third-order valence-corrected chi connectivity index (χ3v) is 2.46. The minimum absolute atomic E-state index is 0.0110. The number of hydrogen-bond acceptors (Lipinski definition) is 5. The molecule has 1 saturated heterocycles. The molecule has 6 nitrogen and oxygen atoms in total. The van der Waals surface area contributed by atoms with E-state index in [1.54, 1.807) is 0 Å². The lowest BCUT2D eigenvalue weighted by atomic mass is 10.2. The predicted octanol–water partition coefficient (Wildman–Crippen LogP) is 2.37. The number of morpholine rings is 1. The smallest absolute Gasteiger partial charge is 0.275 e. The summed E-state index contributed by atoms with van der Waals surface area (Å²) in [5.74, 6) is -0.425. The highest BCUT2D eigenvalue weighted by Gasteiger charge is 2.24. The molecule has 0 radical (unpaired) electrons. The molecule has 1 aliphatic rings. The number of halogens is 1. The van der Waals surface area contributed by atoms with Crippen LogP contribution in [0.1, 0.15) is 22.1 Å². The molecule has 0 bridgehead atoms. The Labute approximate surface area is 122 Å². The van der Waals surface area contributed by atoms with E-state index in [1.807, 2.05) is 0 Å². The van der Waals surface area contributed by atoms with Gasteiger partial charge in [-0.2, -0.15) is 0 Å². The fourth-order valence-electron chi connectivity index (χ4n) is 1.42. The van der Waals surface area contributed by atoms with Crippen LogP contribution in [0.3, 0.4) is 0 Å². The monoisotopic (exact) mass is 321 g/mol. The Bertz CT molecular complexity index is 674. The number of nitrogens with zero attached hydrogens (tertiary/aromatic N) is 3. The lowest BCUT2D eigenvalue weighted by Gasteiger charge is -2.36. The average Bonchev–Trinajstić information content (AvgIpc) is 2.34. The Morgan fingerprint density at radius 3 is 2.78 bits per heavy atom. The summed E-state index contributed by atoms with van der Waals surface area (Å²) in [7, 11) is 0. The number of ether oxygens (including phenoxy) is 1. The highest BCUT2D eigenvalue weighted by molar-refractivity contribution is 9.10. The maximum atomic E-state index is 11.0. The van der Waals surface area contributed by atoms with Crippen LogP contribution in [0, 0.1) is 10.1 Å². The lowest BCUT2D eigenvalue weighted by Crippen LogP contribution is -2.45. The second kappa shape index (κ2) is 5.19. The van der Waals surface area contributed by atoms with Crippen LogP contribution in [0.5, 0.6) is 0 Å². The van der Waals surface area contributed by atoms with Gasteiger partial charge in [0.05, 0.1) is 31.4 Å². The van der Waals surface area contributed by atoms with Crippen LogP contribution in [0.2, 0.25) is 0 Å². The van der Waals surface area contributed by atoms with Crippen LogP contribution in [0.15, 0.2) is 16.7 Å². The molecule has 0 aromatic carbocycles. The SMILES string of the molecule is [2H]C1(C)OC([2H])(C)C([2H])([2H])N(c2cc([N+](=O)[O-])cc(Br)n2)C1([2H])[2H]. The molecule has 1 aliphatic heterocycles. The molecule has 2 rings (SSSR count). The third kappa shape index (κ3) is 2.97. The Kier molecular flexibility index (Phi) is 2.13. The van der Waals surface area contributed by atoms with Crippen LogP contribution in [0.4, 0.5) is 11.5 Å². The van der Waals surface area contributed by atoms with Gasteiger partial charge in [-0.15, -0.1) is 0 Å². The molecule has 0 saturated carbocycles. The Morgan fingerprint density at radius 2 is 2.22 bits per heavy atom. The summed E-state index contributed by atoms with van der Waals surface area (Å²) in [6.45, 7) is -3.43. The molecular formula is C11H14BrN3O3. The van der Waals surface area contributed by atoms with Gasteiger partial charge in [0.1, 0.15) is 10.4 Å². The van der Waals surface area contributed by atoms with Gasteiger partial charge in [0.15, 0.2) is 0 Å². The topological polar surface area (TPSA) is 68.5 Å². The summed E-state index contributed by atoms with van der Waals surface area (Å²) in [5, 5.41) is 11.0. The van der Waals surface area contributed by atoms with Crippen LogP contribution < -0.4 is 4.90 Å². The first-order valence-corrected chi connectivity index (χ1v) is 5.75. The fraction of sp³-hybridized carbons (Fsp3) is 0.545. The van der Waals surface area contributed by atoms with Crippen molar-refractivity contribution in [3.05, 3.63) is 26.9 Å². The molecule has 18 heavy (non-hydrogen) atoms. The van der Waals surface area contributed by atoms with E-state index in [0.29, 0.717) is 4.90 Å². The molecule has 2 heterocycles. The molecule has 1 fully saturated rings. The first-order chi connectivity index (χ1) is 10.6. The molecule has 0 amide bonds. The van der Waals surface area contributed by atoms with Gasteiger partial charge in [0, 0.05) is 19.1 Å². The maximum Gasteiger partial charge on any atom is 0.275 e. The number of aromatic nitrogens is 1. The molecule has 2 unspecified atom stereocenters. The van der Waals surface area contributed by atoms with Crippen molar-refractivity contribution in [2.45, 2.75) is 26.0 Å². The van der Waals surface area contributed by atoms with E-state index in [2.05, 4.69) is 20.9 Å². The first kappa shape index (κ1) is 7.40. The largest absolute Gasteiger partial charge is 0.372 e. The van der Waals surface area contributed by atoms with Crippen molar-refractivity contribution in [1.82, 2.24) is 4.98 Å². The number of pyridine rings is 1. The van der Waals surface area contributed by atoms with Gasteiger partial charge in [-0.1, -0.05) is 0 Å². The quantitative estimate of drug-likeness (QED) is 0.475. The summed E-state index contributed by atoms with van der Waals surface area (Å²) in [6.07, 6.45) is -4.65. The number of anilines is 1. The number of nitro groups is 1. The van der Waals surface area contributed by atoms with E-state index >= 15 is 0 Å². The van der Waals surface area contributed by atoms with Crippen molar-refractivity contribution in [3.8, 4) is 0 Å². The van der Waals surface area contributed by atoms with Crippen LogP contribution in [-0.2, 0) is 4.74 Å². The Balaban J connectivity index is 2.75. The molecule has 0 aliphatic carbocycles. The van der Waals surface area contributed by atoms with Crippen molar-refractivity contribution >= 4 is 27.4 Å². The minimum Gasteiger partial charge on any atom is -0.372 e. The maximum absolute atomic E-state index is 11.0. The first-order valence-electron chi connectivity index (χ1n) is 7.96. The highest BCUT2D eigenvalue weighted by atomic mass is 79.9. The van der Waals surface area contributed by atoms with Crippen molar-refractivity contribution in [2.75, 3.05) is 17.9 Å². The second-order valence-electron chi connectivity index (χ2n) is 3.54. The van der Waals surface area contributed by atoms with E-state index in [1.165, 1.54) is 0 Å². The summed E-state index contributed by atoms with van der Waals surface area (Å²) >= 11 is 2.97.